The van der Waals surface area contributed by atoms with Gasteiger partial charge in [0.1, 0.15) is 6.20 Å². The topological polar surface area (TPSA) is 17.2 Å². The van der Waals surface area contributed by atoms with Crippen LogP contribution in [0.1, 0.15) is 19.3 Å². The van der Waals surface area contributed by atoms with E-state index in [9.17, 15) is 0 Å². The molecule has 1 aromatic heterocycles. The van der Waals surface area contributed by atoms with Crippen molar-refractivity contribution in [2.45, 2.75) is 29.4 Å². The normalized spacial score (nSPS) is 16.2. The zero-order chi connectivity index (χ0) is 9.10. The maximum Gasteiger partial charge on any atom is 0.283 e. The molecule has 0 radical (unpaired) electrons. The second-order valence-corrected chi connectivity index (χ2v) is 4.45. The van der Waals surface area contributed by atoms with Crippen LogP contribution in [0.3, 0.4) is 0 Å². The summed E-state index contributed by atoms with van der Waals surface area (Å²) >= 11 is 1.81. The van der Waals surface area contributed by atoms with Crippen LogP contribution >= 0.6 is 11.8 Å². The Morgan fingerprint density at radius 1 is 1.54 bits per heavy atom. The van der Waals surface area contributed by atoms with E-state index < -0.39 is 0 Å². The molecule has 0 aromatic carbocycles. The summed E-state index contributed by atoms with van der Waals surface area (Å²) in [6.07, 6.45) is 5.59. The Labute approximate surface area is 82.2 Å². The van der Waals surface area contributed by atoms with Crippen LogP contribution in [0.25, 0.3) is 4.85 Å². The molecule has 66 valence electrons. The summed E-state index contributed by atoms with van der Waals surface area (Å²) in [5.74, 6) is 0.555. The number of aromatic nitrogens is 1. The molecule has 0 unspecified atom stereocenters. The largest absolute Gasteiger partial charge is 0.360 e. The Bertz CT molecular complexity index is 339. The lowest BCUT2D eigenvalue weighted by Gasteiger charge is -2.24. The molecule has 2 nitrogen and oxygen atoms in total. The molecule has 1 saturated carbocycles. The zero-order valence-corrected chi connectivity index (χ0v) is 8.05. The molecular weight excluding hydrogens is 180 g/mol. The molecule has 1 heterocycles. The van der Waals surface area contributed by atoms with Crippen molar-refractivity contribution in [3.8, 4) is 0 Å². The van der Waals surface area contributed by atoms with E-state index >= 15 is 0 Å². The van der Waals surface area contributed by atoms with Crippen LogP contribution in [0, 0.1) is 6.57 Å². The number of hydrogen-bond donors (Lipinski definition) is 0. The standard InChI is InChI=1S/C10H10N2S/c1-11-10-9(6-3-7-12-10)13-8-4-2-5-8/h3,6-8H,2,4-5H2. The van der Waals surface area contributed by atoms with Gasteiger partial charge in [0, 0.05) is 10.1 Å². The van der Waals surface area contributed by atoms with Crippen molar-refractivity contribution >= 4 is 17.6 Å². The summed E-state index contributed by atoms with van der Waals surface area (Å²) in [6, 6.07) is 3.89. The van der Waals surface area contributed by atoms with Gasteiger partial charge in [0.05, 0.1) is 0 Å². The van der Waals surface area contributed by atoms with Gasteiger partial charge in [0.25, 0.3) is 5.82 Å². The van der Waals surface area contributed by atoms with Crippen molar-refractivity contribution in [2.24, 2.45) is 0 Å². The molecule has 0 saturated heterocycles. The van der Waals surface area contributed by atoms with Gasteiger partial charge in [-0.05, 0) is 18.9 Å². The molecule has 1 aliphatic carbocycles. The molecule has 1 aliphatic rings. The van der Waals surface area contributed by atoms with Gasteiger partial charge >= 0.3 is 0 Å². The van der Waals surface area contributed by atoms with Crippen molar-refractivity contribution in [2.75, 3.05) is 0 Å². The van der Waals surface area contributed by atoms with Crippen LogP contribution in [0.2, 0.25) is 0 Å². The highest BCUT2D eigenvalue weighted by molar-refractivity contribution is 8.00. The van der Waals surface area contributed by atoms with Crippen molar-refractivity contribution in [3.63, 3.8) is 0 Å². The van der Waals surface area contributed by atoms with E-state index in [1.807, 2.05) is 12.1 Å². The lowest BCUT2D eigenvalue weighted by Crippen LogP contribution is -2.12. The van der Waals surface area contributed by atoms with Crippen molar-refractivity contribution in [3.05, 3.63) is 29.7 Å². The van der Waals surface area contributed by atoms with Gasteiger partial charge in [-0.15, -0.1) is 16.7 Å². The summed E-state index contributed by atoms with van der Waals surface area (Å²) in [5, 5.41) is 0.727. The molecular formula is C10H10N2S. The number of pyridine rings is 1. The quantitative estimate of drug-likeness (QED) is 0.666. The van der Waals surface area contributed by atoms with Crippen LogP contribution < -0.4 is 0 Å². The summed E-state index contributed by atoms with van der Waals surface area (Å²) in [5.41, 5.74) is 0. The maximum absolute atomic E-state index is 6.95. The van der Waals surface area contributed by atoms with Gasteiger partial charge < -0.3 is 4.85 Å². The Kier molecular flexibility index (Phi) is 2.51. The predicted octanol–water partition coefficient (Wildman–Crippen LogP) is 3.28. The monoisotopic (exact) mass is 190 g/mol. The molecule has 0 atom stereocenters. The second-order valence-electron chi connectivity index (χ2n) is 3.11. The number of nitrogens with zero attached hydrogens (tertiary/aromatic N) is 2. The van der Waals surface area contributed by atoms with Gasteiger partial charge in [-0.25, -0.2) is 0 Å². The zero-order valence-electron chi connectivity index (χ0n) is 7.23. The molecule has 1 fully saturated rings. The first kappa shape index (κ1) is 8.58. The Morgan fingerprint density at radius 2 is 2.38 bits per heavy atom. The molecule has 13 heavy (non-hydrogen) atoms. The predicted molar refractivity (Wildman–Crippen MR) is 54.0 cm³/mol. The van der Waals surface area contributed by atoms with E-state index in [-0.39, 0.29) is 0 Å². The Balaban J connectivity index is 2.14. The first-order chi connectivity index (χ1) is 6.40. The fourth-order valence-electron chi connectivity index (χ4n) is 1.23. The smallest absolute Gasteiger partial charge is 0.283 e. The van der Waals surface area contributed by atoms with E-state index in [4.69, 9.17) is 6.57 Å². The highest BCUT2D eigenvalue weighted by atomic mass is 32.2. The Morgan fingerprint density at radius 3 is 3.00 bits per heavy atom. The van der Waals surface area contributed by atoms with E-state index in [1.165, 1.54) is 19.3 Å². The SMILES string of the molecule is [C-]#[N+]c1ncccc1SC1CCC1. The van der Waals surface area contributed by atoms with E-state index in [0.717, 1.165) is 10.1 Å². The molecule has 0 spiro atoms. The fourth-order valence-corrected chi connectivity index (χ4v) is 2.52. The summed E-state index contributed by atoms with van der Waals surface area (Å²) in [7, 11) is 0. The van der Waals surface area contributed by atoms with Gasteiger partial charge in [-0.2, -0.15) is 0 Å². The van der Waals surface area contributed by atoms with Crippen LogP contribution in [-0.4, -0.2) is 10.2 Å². The molecule has 0 amide bonds. The highest BCUT2D eigenvalue weighted by Crippen LogP contribution is 2.39. The van der Waals surface area contributed by atoms with Gasteiger partial charge in [0.2, 0.25) is 0 Å². The maximum atomic E-state index is 6.95. The number of hydrogen-bond acceptors (Lipinski definition) is 2. The number of rotatable bonds is 2. The molecule has 0 aliphatic heterocycles. The van der Waals surface area contributed by atoms with Crippen molar-refractivity contribution in [1.82, 2.24) is 4.98 Å². The second kappa shape index (κ2) is 3.80. The molecule has 0 N–H and O–H groups in total. The average Bonchev–Trinajstić information content (AvgIpc) is 2.12. The third kappa shape index (κ3) is 1.84. The Hall–Kier alpha value is -1.01. The highest BCUT2D eigenvalue weighted by Gasteiger charge is 2.19. The molecule has 3 heteroatoms. The summed E-state index contributed by atoms with van der Waals surface area (Å²) in [6.45, 7) is 6.95. The number of thioether (sulfide) groups is 1. The lowest BCUT2D eigenvalue weighted by molar-refractivity contribution is 0.522. The minimum absolute atomic E-state index is 0.555. The molecule has 0 bridgehead atoms. The third-order valence-corrected chi connectivity index (χ3v) is 3.58. The lowest BCUT2D eigenvalue weighted by atomic mass is 10.0. The summed E-state index contributed by atoms with van der Waals surface area (Å²) < 4.78 is 0. The fraction of sp³-hybridized carbons (Fsp3) is 0.400. The molecule has 2 rings (SSSR count). The van der Waals surface area contributed by atoms with Crippen molar-refractivity contribution < 1.29 is 0 Å². The first-order valence-electron chi connectivity index (χ1n) is 4.39. The molecule has 1 aromatic rings. The van der Waals surface area contributed by atoms with Gasteiger partial charge in [0.15, 0.2) is 0 Å². The van der Waals surface area contributed by atoms with Crippen molar-refractivity contribution in [1.29, 1.82) is 0 Å². The van der Waals surface area contributed by atoms with Crippen LogP contribution in [0.15, 0.2) is 23.2 Å². The van der Waals surface area contributed by atoms with Crippen LogP contribution in [-0.2, 0) is 0 Å². The van der Waals surface area contributed by atoms with E-state index in [0.29, 0.717) is 5.82 Å². The average molecular weight is 190 g/mol. The van der Waals surface area contributed by atoms with E-state index in [2.05, 4.69) is 9.83 Å². The van der Waals surface area contributed by atoms with Gasteiger partial charge in [-0.1, -0.05) is 19.1 Å². The first-order valence-corrected chi connectivity index (χ1v) is 5.27. The third-order valence-electron chi connectivity index (χ3n) is 2.20. The van der Waals surface area contributed by atoms with Gasteiger partial charge in [-0.3, -0.25) is 0 Å². The minimum Gasteiger partial charge on any atom is -0.360 e. The summed E-state index contributed by atoms with van der Waals surface area (Å²) in [4.78, 5) is 8.48. The van der Waals surface area contributed by atoms with Crippen LogP contribution in [0.5, 0.6) is 0 Å². The minimum atomic E-state index is 0.555. The van der Waals surface area contributed by atoms with E-state index in [1.54, 1.807) is 18.0 Å². The van der Waals surface area contributed by atoms with Crippen LogP contribution in [0.4, 0.5) is 5.82 Å².